The number of fused-ring (bicyclic) bond motifs is 2. The number of hydrogen-bond acceptors (Lipinski definition) is 20. The fourth-order valence-electron chi connectivity index (χ4n) is 9.86. The largest absolute Gasteiger partial charge is 0.493 e. The minimum Gasteiger partial charge on any atom is -0.493 e. The molecule has 84 heavy (non-hydrogen) atoms. The highest BCUT2D eigenvalue weighted by molar-refractivity contribution is 5.98. The van der Waals surface area contributed by atoms with Crippen LogP contribution >= 0.6 is 0 Å². The summed E-state index contributed by atoms with van der Waals surface area (Å²) in [6.45, 7) is 8.22. The number of nitrogens with one attached hydrogen (secondary N) is 5. The molecule has 3 heterocycles. The molecule has 0 radical (unpaired) electrons. The fraction of sp³-hybridized carbons (Fsp3) is 0.643. The summed E-state index contributed by atoms with van der Waals surface area (Å²) in [4.78, 5) is 117. The molecule has 2 aromatic rings. The van der Waals surface area contributed by atoms with Crippen molar-refractivity contribution in [3.05, 3.63) is 59.7 Å². The molecule has 0 aliphatic carbocycles. The lowest BCUT2D eigenvalue weighted by Gasteiger charge is -2.35. The van der Waals surface area contributed by atoms with Gasteiger partial charge < -0.3 is 101 Å². The Bertz CT molecular complexity index is 2600. The number of carbonyl (C=O) groups excluding carboxylic acids is 8. The van der Waals surface area contributed by atoms with Crippen molar-refractivity contribution in [1.29, 1.82) is 0 Å². The maximum absolute atomic E-state index is 15.2. The first-order valence-corrected chi connectivity index (χ1v) is 27.8. The third kappa shape index (κ3) is 18.5. The normalized spacial score (nSPS) is 26.3. The molecule has 8 amide bonds. The lowest BCUT2D eigenvalue weighted by atomic mass is 9.98. The number of aliphatic hydroxyl groups is 8. The van der Waals surface area contributed by atoms with Gasteiger partial charge in [-0.15, -0.1) is 0 Å². The first-order chi connectivity index (χ1) is 39.4. The second kappa shape index (κ2) is 29.7. The first kappa shape index (κ1) is 67.9. The number of β-amino-alcohol motifs (C(OH)–C–C–N with tert-alkyl or cyclic N) is 1. The Morgan fingerprint density at radius 2 is 1.35 bits per heavy atom. The van der Waals surface area contributed by atoms with Gasteiger partial charge in [-0.2, -0.15) is 0 Å². The molecule has 3 saturated heterocycles. The van der Waals surface area contributed by atoms with Gasteiger partial charge in [-0.1, -0.05) is 43.3 Å². The van der Waals surface area contributed by atoms with Crippen LogP contribution in [0, 0.1) is 5.92 Å². The van der Waals surface area contributed by atoms with Gasteiger partial charge in [-0.25, -0.2) is 9.59 Å². The second-order valence-electron chi connectivity index (χ2n) is 23.4. The summed E-state index contributed by atoms with van der Waals surface area (Å²) in [5.41, 5.74) is -1.06. The SMILES string of the molecule is COc1cc(C[C@@H](O)C2NC(=O)[C@@H]3C[C@@H](O)CN3C(=O)C([C@@H](C)O)NC(=O)[C@@H](NC(=O)OC(C)(C)C)C[C@@H](O)CNC(=O)[C@@H]3[C@@H](O)[C@@H](C)CN3C(=O)[C@H]([C@H](O)CCN(C(=O)OC(C)(C)C)C(CO)CO)NC2=O)ccc1OCc1ccccc1. The molecule has 5 rings (SSSR count). The van der Waals surface area contributed by atoms with Crippen LogP contribution in [0.1, 0.15) is 85.8 Å². The molecule has 0 spiro atoms. The highest BCUT2D eigenvalue weighted by Crippen LogP contribution is 2.31. The Hall–Kier alpha value is -6.92. The van der Waals surface area contributed by atoms with E-state index in [1.54, 1.807) is 20.8 Å². The smallest absolute Gasteiger partial charge is 0.410 e. The lowest BCUT2D eigenvalue weighted by Crippen LogP contribution is -2.64. The second-order valence-corrected chi connectivity index (χ2v) is 23.4. The molecule has 2 unspecified atom stereocenters. The summed E-state index contributed by atoms with van der Waals surface area (Å²) in [6, 6.07) is 0.994. The number of amides is 8. The Labute approximate surface area is 487 Å². The van der Waals surface area contributed by atoms with Gasteiger partial charge in [-0.3, -0.25) is 28.8 Å². The van der Waals surface area contributed by atoms with E-state index in [4.69, 9.17) is 18.9 Å². The molecule has 13 N–H and O–H groups in total. The number of benzene rings is 2. The third-order valence-electron chi connectivity index (χ3n) is 14.2. The van der Waals surface area contributed by atoms with E-state index >= 15 is 9.59 Å². The van der Waals surface area contributed by atoms with Crippen LogP contribution in [0.5, 0.6) is 11.5 Å². The molecule has 0 saturated carbocycles. The molecule has 28 heteroatoms. The lowest BCUT2D eigenvalue weighted by molar-refractivity contribution is -0.147. The number of ether oxygens (including phenoxy) is 4. The van der Waals surface area contributed by atoms with Crippen molar-refractivity contribution in [2.45, 2.75) is 178 Å². The van der Waals surface area contributed by atoms with Gasteiger partial charge in [0.25, 0.3) is 0 Å². The zero-order valence-corrected chi connectivity index (χ0v) is 48.8. The Kier molecular flexibility index (Phi) is 24.0. The Morgan fingerprint density at radius 3 is 1.95 bits per heavy atom. The van der Waals surface area contributed by atoms with E-state index in [0.29, 0.717) is 11.3 Å². The minimum absolute atomic E-state index is 0.150. The van der Waals surface area contributed by atoms with Crippen LogP contribution in [0.2, 0.25) is 0 Å². The Morgan fingerprint density at radius 1 is 0.726 bits per heavy atom. The highest BCUT2D eigenvalue weighted by atomic mass is 16.6. The third-order valence-corrected chi connectivity index (χ3v) is 14.2. The molecule has 0 bridgehead atoms. The van der Waals surface area contributed by atoms with Crippen LogP contribution < -0.4 is 36.1 Å². The van der Waals surface area contributed by atoms with Crippen LogP contribution in [0.4, 0.5) is 9.59 Å². The monoisotopic (exact) mass is 1190 g/mol. The van der Waals surface area contributed by atoms with Crippen molar-refractivity contribution in [3.8, 4) is 11.5 Å². The average molecular weight is 1190 g/mol. The number of hydrogen-bond donors (Lipinski definition) is 13. The van der Waals surface area contributed by atoms with Gasteiger partial charge in [-0.05, 0) is 78.1 Å². The Balaban J connectivity index is 1.64. The van der Waals surface area contributed by atoms with E-state index < -0.39 is 209 Å². The summed E-state index contributed by atoms with van der Waals surface area (Å²) in [5.74, 6) is -7.51. The van der Waals surface area contributed by atoms with Crippen LogP contribution in [0.15, 0.2) is 48.5 Å². The van der Waals surface area contributed by atoms with Gasteiger partial charge in [0, 0.05) is 51.4 Å². The van der Waals surface area contributed by atoms with E-state index in [2.05, 4.69) is 26.6 Å². The molecule has 3 aliphatic heterocycles. The predicted octanol–water partition coefficient (Wildman–Crippen LogP) is -2.70. The molecule has 2 aromatic carbocycles. The van der Waals surface area contributed by atoms with Crippen LogP contribution in [0.3, 0.4) is 0 Å². The highest BCUT2D eigenvalue weighted by Gasteiger charge is 2.50. The summed E-state index contributed by atoms with van der Waals surface area (Å²) in [6.07, 6.45) is -15.0. The van der Waals surface area contributed by atoms with Crippen molar-refractivity contribution in [1.82, 2.24) is 41.3 Å². The number of nitrogens with zero attached hydrogens (tertiary/aromatic N) is 3. The maximum Gasteiger partial charge on any atom is 0.410 e. The molecular weight excluding hydrogens is 1100 g/mol. The standard InChI is InChI=1S/C56H84N8O20/c1-29-24-64-45(46(29)72)50(76)57-23-34(68)21-36(58-53(79)83-55(3,4)5)47(73)59-42(30(2)67)51(77)63-25-35(69)22-37(63)48(74)60-43(39(71)19-32-15-16-40(41(20-32)81-9)82-28-31-13-11-10-12-14-31)49(75)61-44(52(64)78)38(70)17-18-62(33(26-65)27-66)54(80)84-56(6,7)8/h10-16,20,29-30,33-39,42-46,65-72H,17-19,21-28H2,1-9H3,(H,57,76)(H,58,79)(H,59,73)(H,60,74)(H,61,75)/t29-,30+,34+,35+,36-,37-,38+,39+,42?,43?,44-,45-,46-/m0/s1. The summed E-state index contributed by atoms with van der Waals surface area (Å²) < 4.78 is 22.4. The summed E-state index contributed by atoms with van der Waals surface area (Å²) in [5, 5.41) is 102. The van der Waals surface area contributed by atoms with Gasteiger partial charge in [0.1, 0.15) is 54.1 Å². The number of methoxy groups -OCH3 is 1. The van der Waals surface area contributed by atoms with E-state index in [1.807, 2.05) is 30.3 Å². The quantitative estimate of drug-likeness (QED) is 0.0813. The van der Waals surface area contributed by atoms with Crippen molar-refractivity contribution < 1.29 is 98.2 Å². The fourth-order valence-corrected chi connectivity index (χ4v) is 9.86. The van der Waals surface area contributed by atoms with E-state index in [-0.39, 0.29) is 12.4 Å². The summed E-state index contributed by atoms with van der Waals surface area (Å²) in [7, 11) is 1.37. The van der Waals surface area contributed by atoms with Crippen LogP contribution in [-0.2, 0) is 51.3 Å². The van der Waals surface area contributed by atoms with Crippen molar-refractivity contribution in [2.24, 2.45) is 5.92 Å². The van der Waals surface area contributed by atoms with Crippen molar-refractivity contribution >= 4 is 47.6 Å². The van der Waals surface area contributed by atoms with Gasteiger partial charge in [0.05, 0.1) is 63.0 Å². The first-order valence-electron chi connectivity index (χ1n) is 27.8. The van der Waals surface area contributed by atoms with Gasteiger partial charge >= 0.3 is 12.2 Å². The molecule has 3 fully saturated rings. The van der Waals surface area contributed by atoms with Crippen molar-refractivity contribution in [3.63, 3.8) is 0 Å². The number of alkyl carbamates (subject to hydrolysis) is 1. The van der Waals surface area contributed by atoms with Crippen LogP contribution in [-0.4, -0.2) is 240 Å². The van der Waals surface area contributed by atoms with Crippen LogP contribution in [0.25, 0.3) is 0 Å². The topological polar surface area (TPSA) is 405 Å². The molecule has 3 aliphatic rings. The maximum atomic E-state index is 15.2. The number of carbonyl (C=O) groups is 8. The van der Waals surface area contributed by atoms with E-state index in [9.17, 15) is 69.6 Å². The number of aliphatic hydroxyl groups excluding tert-OH is 8. The van der Waals surface area contributed by atoms with Crippen molar-refractivity contribution in [2.75, 3.05) is 46.5 Å². The molecule has 0 aromatic heterocycles. The molecule has 13 atom stereocenters. The minimum atomic E-state index is -2.17. The zero-order valence-electron chi connectivity index (χ0n) is 48.8. The molecule has 28 nitrogen and oxygen atoms in total. The van der Waals surface area contributed by atoms with Gasteiger partial charge in [0.2, 0.25) is 35.4 Å². The van der Waals surface area contributed by atoms with E-state index in [1.165, 1.54) is 53.0 Å². The predicted molar refractivity (Wildman–Crippen MR) is 296 cm³/mol. The number of rotatable bonds is 16. The molecule has 468 valence electrons. The zero-order chi connectivity index (χ0) is 62.5. The van der Waals surface area contributed by atoms with E-state index in [0.717, 1.165) is 27.2 Å². The summed E-state index contributed by atoms with van der Waals surface area (Å²) >= 11 is 0. The average Bonchev–Trinajstić information content (AvgIpc) is 3.34. The van der Waals surface area contributed by atoms with Gasteiger partial charge in [0.15, 0.2) is 11.5 Å². The molecular formula is C56H84N8O20.